The van der Waals surface area contributed by atoms with E-state index in [0.717, 1.165) is 34.6 Å². The Morgan fingerprint density at radius 1 is 0.523 bits per heavy atom. The molecule has 44 heavy (non-hydrogen) atoms. The molecule has 1 aliphatic carbocycles. The zero-order valence-electron chi connectivity index (χ0n) is 24.2. The molecule has 2 heteroatoms. The first kappa shape index (κ1) is 24.9. The first-order chi connectivity index (χ1) is 21.8. The van der Waals surface area contributed by atoms with Gasteiger partial charge in [-0.3, -0.25) is 0 Å². The summed E-state index contributed by atoms with van der Waals surface area (Å²) in [5.41, 5.74) is 12.1. The monoisotopic (exact) mass is 563 g/mol. The summed E-state index contributed by atoms with van der Waals surface area (Å²) in [4.78, 5) is 0. The number of aromatic nitrogens is 1. The molecule has 0 spiro atoms. The average Bonchev–Trinajstić information content (AvgIpc) is 3.34. The van der Waals surface area contributed by atoms with Crippen molar-refractivity contribution in [2.24, 2.45) is 0 Å². The van der Waals surface area contributed by atoms with Gasteiger partial charge in [-0.05, 0) is 58.5 Å². The molecule has 0 fully saturated rings. The molecule has 7 aromatic rings. The van der Waals surface area contributed by atoms with E-state index >= 15 is 0 Å². The lowest BCUT2D eigenvalue weighted by Gasteiger charge is -2.25. The van der Waals surface area contributed by atoms with Gasteiger partial charge in [-0.15, -0.1) is 0 Å². The molecule has 208 valence electrons. The molecule has 1 aliphatic heterocycles. The average molecular weight is 564 g/mol. The van der Waals surface area contributed by atoms with Crippen molar-refractivity contribution >= 4 is 33.1 Å². The number of nitrogens with zero attached hydrogens (tertiary/aromatic N) is 1. The fourth-order valence-electron chi connectivity index (χ4n) is 7.12. The topological polar surface area (TPSA) is 14.2 Å². The van der Waals surface area contributed by atoms with Crippen molar-refractivity contribution in [3.05, 3.63) is 169 Å². The Morgan fingerprint density at radius 2 is 1.18 bits per heavy atom. The third-order valence-corrected chi connectivity index (χ3v) is 9.14. The molecular weight excluding hydrogens is 534 g/mol. The molecule has 6 aromatic carbocycles. The van der Waals surface area contributed by atoms with E-state index in [-0.39, 0.29) is 5.92 Å². The van der Waals surface area contributed by atoms with Crippen LogP contribution in [0.25, 0.3) is 55.3 Å². The van der Waals surface area contributed by atoms with Crippen LogP contribution in [-0.4, -0.2) is 4.57 Å². The van der Waals surface area contributed by atoms with E-state index in [4.69, 9.17) is 4.74 Å². The Bertz CT molecular complexity index is 2270. The summed E-state index contributed by atoms with van der Waals surface area (Å²) in [5.74, 6) is 2.03. The standard InChI is InChI=1S/C42H29NO/c1-3-13-28(14-4-1)30-23-31(29-15-5-2-6-16-29)25-32(24-30)43-39-21-11-9-19-35(39)37-26-38-34-18-8-7-17-33(34)36-20-10-12-22-41(36)44-42(38)27-40(37)43/h1-24,26-27,31H,25H2. The van der Waals surface area contributed by atoms with Crippen molar-refractivity contribution in [3.63, 3.8) is 0 Å². The van der Waals surface area contributed by atoms with Crippen LogP contribution in [0.2, 0.25) is 0 Å². The van der Waals surface area contributed by atoms with Gasteiger partial charge in [0.1, 0.15) is 11.5 Å². The lowest BCUT2D eigenvalue weighted by Crippen LogP contribution is -2.08. The van der Waals surface area contributed by atoms with Crippen LogP contribution in [0.15, 0.2) is 158 Å². The highest BCUT2D eigenvalue weighted by atomic mass is 16.5. The van der Waals surface area contributed by atoms with Crippen molar-refractivity contribution in [1.29, 1.82) is 0 Å². The van der Waals surface area contributed by atoms with Crippen LogP contribution in [0, 0.1) is 0 Å². The van der Waals surface area contributed by atoms with Crippen molar-refractivity contribution in [3.8, 4) is 33.8 Å². The molecule has 2 aliphatic rings. The molecule has 9 rings (SSSR count). The quantitative estimate of drug-likeness (QED) is 0.209. The van der Waals surface area contributed by atoms with Gasteiger partial charge >= 0.3 is 0 Å². The van der Waals surface area contributed by atoms with E-state index in [1.807, 2.05) is 0 Å². The molecule has 1 atom stereocenters. The highest BCUT2D eigenvalue weighted by Crippen LogP contribution is 2.49. The SMILES string of the molecule is C1=C(c2ccccc2)C=C(n2c3ccccc3c3cc4c(cc32)Oc2ccccc2-c2ccccc2-4)CC1c1ccccc1. The van der Waals surface area contributed by atoms with Gasteiger partial charge in [-0.2, -0.15) is 0 Å². The minimum Gasteiger partial charge on any atom is -0.456 e. The van der Waals surface area contributed by atoms with Crippen molar-refractivity contribution in [1.82, 2.24) is 4.57 Å². The minimum atomic E-state index is 0.262. The number of para-hydroxylation sites is 2. The number of benzene rings is 6. The maximum absolute atomic E-state index is 6.77. The highest BCUT2D eigenvalue weighted by Gasteiger charge is 2.26. The second kappa shape index (κ2) is 10.00. The summed E-state index contributed by atoms with van der Waals surface area (Å²) < 4.78 is 9.24. The number of rotatable bonds is 3. The van der Waals surface area contributed by atoms with E-state index in [1.165, 1.54) is 49.8 Å². The Kier molecular flexibility index (Phi) is 5.67. The van der Waals surface area contributed by atoms with E-state index < -0.39 is 0 Å². The number of fused-ring (bicyclic) bond motifs is 8. The van der Waals surface area contributed by atoms with Gasteiger partial charge in [-0.1, -0.05) is 127 Å². The molecule has 2 nitrogen and oxygen atoms in total. The van der Waals surface area contributed by atoms with Gasteiger partial charge in [0.2, 0.25) is 0 Å². The molecule has 0 amide bonds. The Morgan fingerprint density at radius 3 is 2.00 bits per heavy atom. The summed E-state index contributed by atoms with van der Waals surface area (Å²) >= 11 is 0. The van der Waals surface area contributed by atoms with Crippen LogP contribution in [0.3, 0.4) is 0 Å². The third kappa shape index (κ3) is 3.95. The fourth-order valence-corrected chi connectivity index (χ4v) is 7.12. The van der Waals surface area contributed by atoms with Crippen LogP contribution in [0.1, 0.15) is 23.5 Å². The number of hydrogen-bond donors (Lipinski definition) is 0. The van der Waals surface area contributed by atoms with E-state index in [1.54, 1.807) is 0 Å². The van der Waals surface area contributed by atoms with Gasteiger partial charge in [0, 0.05) is 39.6 Å². The first-order valence-electron chi connectivity index (χ1n) is 15.3. The summed E-state index contributed by atoms with van der Waals surface area (Å²) in [7, 11) is 0. The maximum Gasteiger partial charge on any atom is 0.137 e. The van der Waals surface area contributed by atoms with Crippen molar-refractivity contribution in [2.45, 2.75) is 12.3 Å². The molecule has 0 bridgehead atoms. The molecule has 0 radical (unpaired) electrons. The molecular formula is C42H29NO. The first-order valence-corrected chi connectivity index (χ1v) is 15.3. The van der Waals surface area contributed by atoms with Crippen LogP contribution in [0.4, 0.5) is 0 Å². The Balaban J connectivity index is 1.31. The summed E-state index contributed by atoms with van der Waals surface area (Å²) in [6.07, 6.45) is 5.72. The van der Waals surface area contributed by atoms with E-state index in [2.05, 4.69) is 162 Å². The highest BCUT2D eigenvalue weighted by molar-refractivity contribution is 6.13. The molecule has 0 saturated carbocycles. The Hall–Kier alpha value is -5.60. The predicted molar refractivity (Wildman–Crippen MR) is 183 cm³/mol. The van der Waals surface area contributed by atoms with Gasteiger partial charge in [0.25, 0.3) is 0 Å². The zero-order valence-corrected chi connectivity index (χ0v) is 24.2. The molecule has 0 saturated heterocycles. The van der Waals surface area contributed by atoms with Crippen molar-refractivity contribution in [2.75, 3.05) is 0 Å². The van der Waals surface area contributed by atoms with Crippen LogP contribution in [-0.2, 0) is 0 Å². The maximum atomic E-state index is 6.77. The predicted octanol–water partition coefficient (Wildman–Crippen LogP) is 11.3. The normalized spacial score (nSPS) is 15.4. The number of ether oxygens (including phenoxy) is 1. The summed E-state index contributed by atoms with van der Waals surface area (Å²) in [6.45, 7) is 0. The second-order valence-corrected chi connectivity index (χ2v) is 11.7. The van der Waals surface area contributed by atoms with E-state index in [9.17, 15) is 0 Å². The van der Waals surface area contributed by atoms with Crippen LogP contribution in [0.5, 0.6) is 11.5 Å². The lowest BCUT2D eigenvalue weighted by molar-refractivity contribution is 0.488. The third-order valence-electron chi connectivity index (χ3n) is 9.14. The summed E-state index contributed by atoms with van der Waals surface area (Å²) in [5, 5.41) is 2.48. The Labute approximate surface area is 256 Å². The molecule has 1 aromatic heterocycles. The van der Waals surface area contributed by atoms with Crippen molar-refractivity contribution < 1.29 is 4.74 Å². The number of allylic oxidation sites excluding steroid dienone is 4. The van der Waals surface area contributed by atoms with Gasteiger partial charge in [-0.25, -0.2) is 0 Å². The fraction of sp³-hybridized carbons (Fsp3) is 0.0476. The van der Waals surface area contributed by atoms with Crippen LogP contribution >= 0.6 is 0 Å². The lowest BCUT2D eigenvalue weighted by atomic mass is 9.85. The second-order valence-electron chi connectivity index (χ2n) is 11.7. The number of hydrogen-bond acceptors (Lipinski definition) is 1. The van der Waals surface area contributed by atoms with Gasteiger partial charge < -0.3 is 9.30 Å². The smallest absolute Gasteiger partial charge is 0.137 e. The largest absolute Gasteiger partial charge is 0.456 e. The molecule has 0 N–H and O–H groups in total. The molecule has 1 unspecified atom stereocenters. The van der Waals surface area contributed by atoms with Gasteiger partial charge in [0.15, 0.2) is 0 Å². The summed E-state index contributed by atoms with van der Waals surface area (Å²) in [6, 6.07) is 52.1. The minimum absolute atomic E-state index is 0.262. The van der Waals surface area contributed by atoms with Crippen LogP contribution < -0.4 is 4.74 Å². The molecule has 2 heterocycles. The van der Waals surface area contributed by atoms with E-state index in [0.29, 0.717) is 0 Å². The zero-order chi connectivity index (χ0) is 29.0. The van der Waals surface area contributed by atoms with Gasteiger partial charge in [0.05, 0.1) is 11.0 Å².